The van der Waals surface area contributed by atoms with Gasteiger partial charge in [-0.3, -0.25) is 9.59 Å². The van der Waals surface area contributed by atoms with Gasteiger partial charge in [0.15, 0.2) is 0 Å². The first-order valence-corrected chi connectivity index (χ1v) is 8.37. The molecule has 24 heavy (non-hydrogen) atoms. The molecule has 1 aliphatic rings. The van der Waals surface area contributed by atoms with E-state index in [1.165, 1.54) is 23.8 Å². The number of methoxy groups -OCH3 is 1. The number of H-pyrrole nitrogens is 1. The molecule has 0 aromatic carbocycles. The summed E-state index contributed by atoms with van der Waals surface area (Å²) >= 11 is 1.24. The predicted molar refractivity (Wildman–Crippen MR) is 88.6 cm³/mol. The second-order valence-corrected chi connectivity index (χ2v) is 6.20. The minimum atomic E-state index is -0.495. The fourth-order valence-corrected chi connectivity index (χ4v) is 3.65. The summed E-state index contributed by atoms with van der Waals surface area (Å²) in [6, 6.07) is 1.93. The van der Waals surface area contributed by atoms with Crippen molar-refractivity contribution in [2.45, 2.75) is 18.6 Å². The first-order valence-electron chi connectivity index (χ1n) is 7.49. The number of carbonyl (C=O) groups is 2. The molecule has 1 aromatic rings. The molecule has 0 saturated carbocycles. The van der Waals surface area contributed by atoms with Crippen molar-refractivity contribution >= 4 is 23.6 Å². The van der Waals surface area contributed by atoms with E-state index in [9.17, 15) is 14.9 Å². The Kier molecular flexibility index (Phi) is 6.40. The Hall–Kier alpha value is -2.31. The number of hydrogen-bond acceptors (Lipinski definition) is 6. The lowest BCUT2D eigenvalue weighted by Crippen LogP contribution is -2.32. The zero-order chi connectivity index (χ0) is 17.5. The van der Waals surface area contributed by atoms with E-state index in [0.717, 1.165) is 5.69 Å². The number of thioether (sulfide) groups is 1. The fourth-order valence-electron chi connectivity index (χ4n) is 2.29. The molecule has 0 radical (unpaired) electrons. The van der Waals surface area contributed by atoms with Crippen LogP contribution < -0.4 is 5.32 Å². The van der Waals surface area contributed by atoms with E-state index in [1.54, 1.807) is 12.5 Å². The Morgan fingerprint density at radius 2 is 2.42 bits per heavy atom. The summed E-state index contributed by atoms with van der Waals surface area (Å²) in [4.78, 5) is 33.2. The van der Waals surface area contributed by atoms with Gasteiger partial charge in [0.25, 0.3) is 5.91 Å². The van der Waals surface area contributed by atoms with Crippen molar-refractivity contribution in [2.75, 3.05) is 26.8 Å². The second-order valence-electron chi connectivity index (χ2n) is 5.01. The third kappa shape index (κ3) is 3.96. The van der Waals surface area contributed by atoms with E-state index in [0.29, 0.717) is 31.1 Å². The monoisotopic (exact) mass is 349 g/mol. The number of aromatic amines is 1. The SMILES string of the molecule is CCN1C(=O)C(Cc2cnc[nH]2)S/C1=C(/C#N)C(=O)NCCOC. The minimum Gasteiger partial charge on any atom is -0.383 e. The van der Waals surface area contributed by atoms with E-state index in [1.807, 2.05) is 13.0 Å². The van der Waals surface area contributed by atoms with Crippen LogP contribution in [0.15, 0.2) is 23.1 Å². The number of ether oxygens (including phenoxy) is 1. The van der Waals surface area contributed by atoms with Gasteiger partial charge in [-0.05, 0) is 6.92 Å². The molecular formula is C15H19N5O3S. The number of carbonyl (C=O) groups excluding carboxylic acids is 2. The van der Waals surface area contributed by atoms with Crippen LogP contribution in [0.5, 0.6) is 0 Å². The lowest BCUT2D eigenvalue weighted by atomic mass is 10.2. The molecule has 2 amide bonds. The van der Waals surface area contributed by atoms with Crippen LogP contribution >= 0.6 is 11.8 Å². The van der Waals surface area contributed by atoms with E-state index in [2.05, 4.69) is 15.3 Å². The third-order valence-electron chi connectivity index (χ3n) is 3.46. The summed E-state index contributed by atoms with van der Waals surface area (Å²) in [5.41, 5.74) is 0.791. The Bertz CT molecular complexity index is 665. The Morgan fingerprint density at radius 3 is 3.00 bits per heavy atom. The van der Waals surface area contributed by atoms with Gasteiger partial charge in [0.1, 0.15) is 16.7 Å². The van der Waals surface area contributed by atoms with E-state index < -0.39 is 5.91 Å². The van der Waals surface area contributed by atoms with Gasteiger partial charge in [-0.1, -0.05) is 11.8 Å². The summed E-state index contributed by atoms with van der Waals surface area (Å²) in [6.45, 7) is 2.87. The topological polar surface area (TPSA) is 111 Å². The lowest BCUT2D eigenvalue weighted by molar-refractivity contribution is -0.127. The number of imidazole rings is 1. The Morgan fingerprint density at radius 1 is 1.62 bits per heavy atom. The lowest BCUT2D eigenvalue weighted by Gasteiger charge is -2.15. The molecule has 1 saturated heterocycles. The van der Waals surface area contributed by atoms with Crippen molar-refractivity contribution < 1.29 is 14.3 Å². The maximum absolute atomic E-state index is 12.6. The molecule has 128 valence electrons. The van der Waals surface area contributed by atoms with E-state index in [-0.39, 0.29) is 16.7 Å². The maximum Gasteiger partial charge on any atom is 0.264 e. The summed E-state index contributed by atoms with van der Waals surface area (Å²) in [7, 11) is 1.53. The second kappa shape index (κ2) is 8.52. The highest BCUT2D eigenvalue weighted by atomic mass is 32.2. The number of nitrogens with zero attached hydrogens (tertiary/aromatic N) is 3. The normalized spacial score (nSPS) is 19.3. The van der Waals surface area contributed by atoms with Crippen molar-refractivity contribution in [3.63, 3.8) is 0 Å². The molecule has 2 rings (SSSR count). The molecule has 0 bridgehead atoms. The largest absolute Gasteiger partial charge is 0.383 e. The average molecular weight is 349 g/mol. The summed E-state index contributed by atoms with van der Waals surface area (Å²) in [6.07, 6.45) is 3.68. The van der Waals surface area contributed by atoms with Crippen LogP contribution in [0.1, 0.15) is 12.6 Å². The van der Waals surface area contributed by atoms with Crippen LogP contribution in [-0.2, 0) is 20.7 Å². The van der Waals surface area contributed by atoms with Crippen molar-refractivity contribution in [1.29, 1.82) is 5.26 Å². The van der Waals surface area contributed by atoms with Crippen molar-refractivity contribution in [3.05, 3.63) is 28.8 Å². The number of amides is 2. The smallest absolute Gasteiger partial charge is 0.264 e. The Balaban J connectivity index is 2.20. The first kappa shape index (κ1) is 18.0. The van der Waals surface area contributed by atoms with Gasteiger partial charge in [0, 0.05) is 38.5 Å². The molecule has 1 aromatic heterocycles. The molecule has 1 aliphatic heterocycles. The molecule has 1 unspecified atom stereocenters. The molecule has 0 spiro atoms. The molecule has 2 heterocycles. The predicted octanol–water partition coefficient (Wildman–Crippen LogP) is 0.414. The first-order chi connectivity index (χ1) is 11.6. The van der Waals surface area contributed by atoms with Crippen LogP contribution in [0.3, 0.4) is 0 Å². The summed E-state index contributed by atoms with van der Waals surface area (Å²) in [5.74, 6) is -0.602. The van der Waals surface area contributed by atoms with Crippen LogP contribution in [0.2, 0.25) is 0 Å². The molecule has 0 aliphatic carbocycles. The molecule has 2 N–H and O–H groups in total. The van der Waals surface area contributed by atoms with E-state index >= 15 is 0 Å². The van der Waals surface area contributed by atoms with Crippen LogP contribution in [-0.4, -0.2) is 58.7 Å². The minimum absolute atomic E-state index is 0.0431. The van der Waals surface area contributed by atoms with Crippen LogP contribution in [0.25, 0.3) is 0 Å². The number of rotatable bonds is 7. The van der Waals surface area contributed by atoms with Gasteiger partial charge in [-0.15, -0.1) is 0 Å². The number of nitrogens with one attached hydrogen (secondary N) is 2. The Labute approximate surface area is 144 Å². The number of hydrogen-bond donors (Lipinski definition) is 2. The average Bonchev–Trinajstić information content (AvgIpc) is 3.18. The summed E-state index contributed by atoms with van der Waals surface area (Å²) in [5, 5.41) is 12.0. The van der Waals surface area contributed by atoms with Gasteiger partial charge in [-0.2, -0.15) is 5.26 Å². The number of nitriles is 1. The molecule has 8 nitrogen and oxygen atoms in total. The van der Waals surface area contributed by atoms with Crippen molar-refractivity contribution in [3.8, 4) is 6.07 Å². The highest BCUT2D eigenvalue weighted by Gasteiger charge is 2.39. The zero-order valence-electron chi connectivity index (χ0n) is 13.5. The van der Waals surface area contributed by atoms with Gasteiger partial charge in [0.2, 0.25) is 5.91 Å². The highest BCUT2D eigenvalue weighted by Crippen LogP contribution is 2.38. The fraction of sp³-hybridized carbons (Fsp3) is 0.467. The van der Waals surface area contributed by atoms with Gasteiger partial charge >= 0.3 is 0 Å². The quantitative estimate of drug-likeness (QED) is 0.419. The molecule has 9 heteroatoms. The van der Waals surface area contributed by atoms with Crippen molar-refractivity contribution in [2.24, 2.45) is 0 Å². The van der Waals surface area contributed by atoms with Gasteiger partial charge < -0.3 is 19.9 Å². The standard InChI is InChI=1S/C15H19N5O3S/c1-3-20-14(22)12(6-10-8-17-9-19-10)24-15(20)11(7-16)13(21)18-4-5-23-2/h8-9,12H,3-6H2,1-2H3,(H,17,19)(H,18,21)/b15-11-. The zero-order valence-corrected chi connectivity index (χ0v) is 14.4. The van der Waals surface area contributed by atoms with Crippen LogP contribution in [0, 0.1) is 11.3 Å². The van der Waals surface area contributed by atoms with E-state index in [4.69, 9.17) is 4.74 Å². The third-order valence-corrected chi connectivity index (χ3v) is 4.76. The molecule has 1 fully saturated rings. The van der Waals surface area contributed by atoms with Crippen molar-refractivity contribution in [1.82, 2.24) is 20.2 Å². The van der Waals surface area contributed by atoms with Gasteiger partial charge in [-0.25, -0.2) is 4.98 Å². The summed E-state index contributed by atoms with van der Waals surface area (Å²) < 4.78 is 4.87. The van der Waals surface area contributed by atoms with Crippen LogP contribution in [0.4, 0.5) is 0 Å². The van der Waals surface area contributed by atoms with Gasteiger partial charge in [0.05, 0.1) is 18.2 Å². The maximum atomic E-state index is 12.6. The molecular weight excluding hydrogens is 330 g/mol. The highest BCUT2D eigenvalue weighted by molar-refractivity contribution is 8.04. The number of aromatic nitrogens is 2. The molecule has 1 atom stereocenters.